The Labute approximate surface area is 155 Å². The lowest BCUT2D eigenvalue weighted by atomic mass is 9.63. The third-order valence-electron chi connectivity index (χ3n) is 6.32. The number of hydrogen-bond donors (Lipinski definition) is 0. The van der Waals surface area contributed by atoms with E-state index < -0.39 is 0 Å². The smallest absolute Gasteiger partial charge is 0.0208 e. The Morgan fingerprint density at radius 1 is 0.750 bits per heavy atom. The van der Waals surface area contributed by atoms with Gasteiger partial charge in [-0.25, -0.2) is 0 Å². The van der Waals surface area contributed by atoms with Crippen LogP contribution in [0, 0.1) is 29.1 Å². The summed E-state index contributed by atoms with van der Waals surface area (Å²) in [7, 11) is 0. The molecule has 0 heterocycles. The van der Waals surface area contributed by atoms with E-state index in [0.29, 0.717) is 5.41 Å². The molecule has 0 bridgehead atoms. The molecule has 24 heavy (non-hydrogen) atoms. The fourth-order valence-electron chi connectivity index (χ4n) is 4.40. The van der Waals surface area contributed by atoms with Crippen LogP contribution in [-0.2, 0) is 0 Å². The Hall–Kier alpha value is 0. The van der Waals surface area contributed by atoms with E-state index in [4.69, 9.17) is 0 Å². The minimum Gasteiger partial charge on any atom is -0.0654 e. The summed E-state index contributed by atoms with van der Waals surface area (Å²) in [6.07, 6.45) is 15.2. The van der Waals surface area contributed by atoms with Crippen LogP contribution in [-0.4, -0.2) is 0 Å². The van der Waals surface area contributed by atoms with Crippen LogP contribution in [0.5, 0.6) is 0 Å². The Morgan fingerprint density at radius 2 is 1.42 bits per heavy atom. The lowest BCUT2D eigenvalue weighted by Crippen LogP contribution is -2.30. The maximum atomic E-state index is 2.51. The first-order chi connectivity index (χ1) is 11.3. The molecule has 0 aromatic rings. The van der Waals surface area contributed by atoms with Gasteiger partial charge in [-0.05, 0) is 54.8 Å². The van der Waals surface area contributed by atoms with E-state index in [1.54, 1.807) is 0 Å². The molecule has 0 amide bonds. The van der Waals surface area contributed by atoms with Crippen molar-refractivity contribution in [3.63, 3.8) is 0 Å². The van der Waals surface area contributed by atoms with Gasteiger partial charge in [-0.15, -0.1) is 0 Å². The molecule has 0 N–H and O–H groups in total. The molecule has 0 saturated heterocycles. The van der Waals surface area contributed by atoms with E-state index >= 15 is 0 Å². The van der Waals surface area contributed by atoms with E-state index in [1.807, 2.05) is 5.92 Å². The normalized spacial score (nSPS) is 17.2. The van der Waals surface area contributed by atoms with Gasteiger partial charge in [0.25, 0.3) is 0 Å². The molecule has 0 rings (SSSR count). The summed E-state index contributed by atoms with van der Waals surface area (Å²) >= 11 is 0. The number of rotatable bonds is 15. The fourth-order valence-corrected chi connectivity index (χ4v) is 4.40. The zero-order valence-electron chi connectivity index (χ0n) is 18.5. The monoisotopic (exact) mass is 337 g/mol. The lowest BCUT2D eigenvalue weighted by molar-refractivity contribution is 0.187. The van der Waals surface area contributed by atoms with E-state index in [0.717, 1.165) is 17.8 Å². The van der Waals surface area contributed by atoms with Crippen molar-refractivity contribution in [3.05, 3.63) is 5.92 Å². The summed E-state index contributed by atoms with van der Waals surface area (Å²) in [6, 6.07) is 0. The lowest BCUT2D eigenvalue weighted by Gasteiger charge is -2.41. The molecule has 3 unspecified atom stereocenters. The molecule has 3 atom stereocenters. The van der Waals surface area contributed by atoms with Gasteiger partial charge in [0.05, 0.1) is 0 Å². The molecular formula is C24H49. The Balaban J connectivity index is 5.06. The van der Waals surface area contributed by atoms with Crippen molar-refractivity contribution < 1.29 is 0 Å². The molecular weight excluding hydrogens is 288 g/mol. The molecule has 0 heteroatoms. The predicted octanol–water partition coefficient (Wildman–Crippen LogP) is 8.85. The van der Waals surface area contributed by atoms with E-state index in [1.165, 1.54) is 70.6 Å². The molecule has 0 aliphatic rings. The summed E-state index contributed by atoms with van der Waals surface area (Å²) in [4.78, 5) is 0. The van der Waals surface area contributed by atoms with Gasteiger partial charge in [0.1, 0.15) is 0 Å². The highest BCUT2D eigenvalue weighted by Gasteiger charge is 2.35. The Kier molecular flexibility index (Phi) is 13.2. The summed E-state index contributed by atoms with van der Waals surface area (Å²) in [6.45, 7) is 19.2. The van der Waals surface area contributed by atoms with Crippen LogP contribution in [0.4, 0.5) is 0 Å². The van der Waals surface area contributed by atoms with Gasteiger partial charge >= 0.3 is 0 Å². The van der Waals surface area contributed by atoms with Crippen LogP contribution in [0.15, 0.2) is 0 Å². The second kappa shape index (κ2) is 13.2. The largest absolute Gasteiger partial charge is 0.0654 e. The van der Waals surface area contributed by atoms with Crippen LogP contribution < -0.4 is 0 Å². The van der Waals surface area contributed by atoms with Gasteiger partial charge in [-0.2, -0.15) is 0 Å². The molecule has 1 radical (unpaired) electrons. The van der Waals surface area contributed by atoms with Crippen molar-refractivity contribution >= 4 is 0 Å². The van der Waals surface area contributed by atoms with Crippen molar-refractivity contribution in [2.75, 3.05) is 0 Å². The molecule has 0 nitrogen and oxygen atoms in total. The van der Waals surface area contributed by atoms with Crippen molar-refractivity contribution in [2.24, 2.45) is 23.2 Å². The van der Waals surface area contributed by atoms with Gasteiger partial charge in [0, 0.05) is 0 Å². The fraction of sp³-hybridized carbons (Fsp3) is 0.958. The zero-order valence-corrected chi connectivity index (χ0v) is 18.5. The highest BCUT2D eigenvalue weighted by Crippen LogP contribution is 2.47. The Bertz CT molecular complexity index is 280. The average molecular weight is 338 g/mol. The highest BCUT2D eigenvalue weighted by molar-refractivity contribution is 5.04. The average Bonchev–Trinajstić information content (AvgIpc) is 2.51. The standard InChI is InChI=1S/C24H49/c1-9-13-22(7)19-23(8)24(16-10-2,17-12-14-20(4)5)18-15-21(6)11-3/h20-22H,9-19H2,1-8H3. The first-order valence-electron chi connectivity index (χ1n) is 11.1. The third kappa shape index (κ3) is 9.47. The van der Waals surface area contributed by atoms with Crippen molar-refractivity contribution in [1.82, 2.24) is 0 Å². The van der Waals surface area contributed by atoms with E-state index in [9.17, 15) is 0 Å². The summed E-state index contributed by atoms with van der Waals surface area (Å²) in [5.74, 6) is 4.42. The summed E-state index contributed by atoms with van der Waals surface area (Å²) in [5, 5.41) is 0. The number of hydrogen-bond acceptors (Lipinski definition) is 0. The maximum absolute atomic E-state index is 2.51. The molecule has 145 valence electrons. The first kappa shape index (κ1) is 24.0. The topological polar surface area (TPSA) is 0 Å². The second-order valence-electron chi connectivity index (χ2n) is 9.25. The summed E-state index contributed by atoms with van der Waals surface area (Å²) in [5.41, 5.74) is 0.523. The van der Waals surface area contributed by atoms with Crippen LogP contribution in [0.25, 0.3) is 0 Å². The van der Waals surface area contributed by atoms with Crippen molar-refractivity contribution in [1.29, 1.82) is 0 Å². The van der Waals surface area contributed by atoms with Crippen LogP contribution >= 0.6 is 0 Å². The molecule has 0 aliphatic carbocycles. The molecule has 0 aromatic heterocycles. The van der Waals surface area contributed by atoms with Crippen LogP contribution in [0.1, 0.15) is 126 Å². The van der Waals surface area contributed by atoms with Gasteiger partial charge in [-0.3, -0.25) is 0 Å². The van der Waals surface area contributed by atoms with Gasteiger partial charge in [-0.1, -0.05) is 100 Å². The molecule has 0 saturated carbocycles. The molecule has 0 aliphatic heterocycles. The molecule has 0 fully saturated rings. The van der Waals surface area contributed by atoms with Crippen LogP contribution in [0.3, 0.4) is 0 Å². The van der Waals surface area contributed by atoms with Crippen molar-refractivity contribution in [3.8, 4) is 0 Å². The van der Waals surface area contributed by atoms with Crippen LogP contribution in [0.2, 0.25) is 0 Å². The minimum atomic E-state index is 0.523. The van der Waals surface area contributed by atoms with Gasteiger partial charge in [0.15, 0.2) is 0 Å². The first-order valence-corrected chi connectivity index (χ1v) is 11.1. The Morgan fingerprint density at radius 3 is 1.92 bits per heavy atom. The second-order valence-corrected chi connectivity index (χ2v) is 9.25. The molecule has 0 aromatic carbocycles. The maximum Gasteiger partial charge on any atom is -0.0208 e. The van der Waals surface area contributed by atoms with Crippen molar-refractivity contribution in [2.45, 2.75) is 126 Å². The van der Waals surface area contributed by atoms with E-state index in [-0.39, 0.29) is 0 Å². The van der Waals surface area contributed by atoms with E-state index in [2.05, 4.69) is 55.4 Å². The highest BCUT2D eigenvalue weighted by atomic mass is 14.4. The van der Waals surface area contributed by atoms with Gasteiger partial charge < -0.3 is 0 Å². The summed E-state index contributed by atoms with van der Waals surface area (Å²) < 4.78 is 0. The quantitative estimate of drug-likeness (QED) is 0.280. The predicted molar refractivity (Wildman–Crippen MR) is 112 cm³/mol. The van der Waals surface area contributed by atoms with Gasteiger partial charge in [0.2, 0.25) is 0 Å². The third-order valence-corrected chi connectivity index (χ3v) is 6.32. The SMILES string of the molecule is CCCC(C)C[C](C)C(CCC)(CCCC(C)C)CCC(C)CC. The zero-order chi connectivity index (χ0) is 18.6. The molecule has 0 spiro atoms. The minimum absolute atomic E-state index is 0.523.